The molecule has 0 aliphatic rings. The number of aryl methyl sites for hydroxylation is 1. The number of benzene rings is 1. The van der Waals surface area contributed by atoms with E-state index in [1.54, 1.807) is 12.3 Å². The molecule has 1 aromatic carbocycles. The number of halogens is 1. The third kappa shape index (κ3) is 2.06. The molecule has 0 atom stereocenters. The van der Waals surface area contributed by atoms with Gasteiger partial charge in [0.2, 0.25) is 0 Å². The van der Waals surface area contributed by atoms with E-state index in [0.717, 1.165) is 5.56 Å². The monoisotopic (exact) mass is 212 g/mol. The molecule has 2 nitrogen and oxygen atoms in total. The SMILES string of the molecule is Cc1ccnc(-c2cc(F)cc(C#N)c2)c1. The van der Waals surface area contributed by atoms with Crippen molar-refractivity contribution in [2.24, 2.45) is 0 Å². The minimum absolute atomic E-state index is 0.304. The van der Waals surface area contributed by atoms with Gasteiger partial charge in [-0.2, -0.15) is 5.26 Å². The lowest BCUT2D eigenvalue weighted by Crippen LogP contribution is -1.87. The third-order valence-electron chi connectivity index (χ3n) is 2.24. The second kappa shape index (κ2) is 4.11. The number of nitrogens with zero attached hydrogens (tertiary/aromatic N) is 2. The third-order valence-corrected chi connectivity index (χ3v) is 2.24. The van der Waals surface area contributed by atoms with Crippen molar-refractivity contribution < 1.29 is 4.39 Å². The summed E-state index contributed by atoms with van der Waals surface area (Å²) in [7, 11) is 0. The quantitative estimate of drug-likeness (QED) is 0.728. The fourth-order valence-corrected chi connectivity index (χ4v) is 1.50. The van der Waals surface area contributed by atoms with Gasteiger partial charge >= 0.3 is 0 Å². The fraction of sp³-hybridized carbons (Fsp3) is 0.0769. The summed E-state index contributed by atoms with van der Waals surface area (Å²) in [5, 5.41) is 8.75. The second-order valence-electron chi connectivity index (χ2n) is 3.56. The number of aromatic nitrogens is 1. The van der Waals surface area contributed by atoms with Gasteiger partial charge in [-0.05, 0) is 42.8 Å². The minimum atomic E-state index is -0.419. The van der Waals surface area contributed by atoms with Crippen molar-refractivity contribution in [2.45, 2.75) is 6.92 Å². The van der Waals surface area contributed by atoms with Crippen LogP contribution in [0.4, 0.5) is 4.39 Å². The van der Waals surface area contributed by atoms with Crippen molar-refractivity contribution in [3.8, 4) is 17.3 Å². The first-order valence-electron chi connectivity index (χ1n) is 4.83. The van der Waals surface area contributed by atoms with Crippen LogP contribution in [0.25, 0.3) is 11.3 Å². The van der Waals surface area contributed by atoms with E-state index in [0.29, 0.717) is 16.8 Å². The smallest absolute Gasteiger partial charge is 0.125 e. The van der Waals surface area contributed by atoms with Gasteiger partial charge < -0.3 is 0 Å². The topological polar surface area (TPSA) is 36.7 Å². The van der Waals surface area contributed by atoms with E-state index >= 15 is 0 Å². The highest BCUT2D eigenvalue weighted by Crippen LogP contribution is 2.20. The zero-order chi connectivity index (χ0) is 11.5. The van der Waals surface area contributed by atoms with Gasteiger partial charge in [0.05, 0.1) is 17.3 Å². The van der Waals surface area contributed by atoms with Crippen LogP contribution in [0.3, 0.4) is 0 Å². The van der Waals surface area contributed by atoms with E-state index in [-0.39, 0.29) is 0 Å². The molecule has 2 aromatic rings. The molecule has 0 radical (unpaired) electrons. The summed E-state index contributed by atoms with van der Waals surface area (Å²) in [5.41, 5.74) is 2.65. The lowest BCUT2D eigenvalue weighted by Gasteiger charge is -2.02. The lowest BCUT2D eigenvalue weighted by atomic mass is 10.1. The standard InChI is InChI=1S/C13H9FN2/c1-9-2-3-16-13(4-9)11-5-10(8-15)6-12(14)7-11/h2-7H,1H3. The molecular weight excluding hydrogens is 203 g/mol. The van der Waals surface area contributed by atoms with Crippen LogP contribution in [0.2, 0.25) is 0 Å². The number of pyridine rings is 1. The Morgan fingerprint density at radius 3 is 2.75 bits per heavy atom. The first-order chi connectivity index (χ1) is 7.69. The molecule has 0 amide bonds. The number of hydrogen-bond acceptors (Lipinski definition) is 2. The predicted molar refractivity (Wildman–Crippen MR) is 59.1 cm³/mol. The normalized spacial score (nSPS) is 9.81. The first-order valence-corrected chi connectivity index (χ1v) is 4.83. The van der Waals surface area contributed by atoms with Gasteiger partial charge in [-0.25, -0.2) is 4.39 Å². The van der Waals surface area contributed by atoms with Crippen LogP contribution in [0.5, 0.6) is 0 Å². The molecule has 0 spiro atoms. The lowest BCUT2D eigenvalue weighted by molar-refractivity contribution is 0.628. The molecule has 0 bridgehead atoms. The highest BCUT2D eigenvalue weighted by atomic mass is 19.1. The van der Waals surface area contributed by atoms with Gasteiger partial charge in [0, 0.05) is 11.8 Å². The van der Waals surface area contributed by atoms with Crippen LogP contribution in [-0.2, 0) is 0 Å². The van der Waals surface area contributed by atoms with Gasteiger partial charge in [-0.3, -0.25) is 4.98 Å². The Bertz CT molecular complexity index is 570. The summed E-state index contributed by atoms with van der Waals surface area (Å²) in [4.78, 5) is 4.15. The second-order valence-corrected chi connectivity index (χ2v) is 3.56. The molecule has 1 aromatic heterocycles. The Kier molecular flexibility index (Phi) is 2.65. The molecule has 78 valence electrons. The highest BCUT2D eigenvalue weighted by Gasteiger charge is 2.04. The average molecular weight is 212 g/mol. The van der Waals surface area contributed by atoms with Gasteiger partial charge in [0.15, 0.2) is 0 Å². The molecule has 16 heavy (non-hydrogen) atoms. The Labute approximate surface area is 93.0 Å². The molecule has 1 heterocycles. The van der Waals surface area contributed by atoms with Crippen molar-refractivity contribution in [2.75, 3.05) is 0 Å². The molecule has 0 saturated heterocycles. The van der Waals surface area contributed by atoms with E-state index in [1.807, 2.05) is 25.1 Å². The molecule has 0 unspecified atom stereocenters. The summed E-state index contributed by atoms with van der Waals surface area (Å²) < 4.78 is 13.2. The highest BCUT2D eigenvalue weighted by molar-refractivity contribution is 5.62. The molecule has 0 N–H and O–H groups in total. The van der Waals surface area contributed by atoms with Gasteiger partial charge in [-0.15, -0.1) is 0 Å². The largest absolute Gasteiger partial charge is 0.256 e. The van der Waals surface area contributed by atoms with Crippen molar-refractivity contribution >= 4 is 0 Å². The number of rotatable bonds is 1. The van der Waals surface area contributed by atoms with Crippen LogP contribution in [0, 0.1) is 24.1 Å². The number of nitriles is 1. The van der Waals surface area contributed by atoms with Crippen LogP contribution >= 0.6 is 0 Å². The zero-order valence-electron chi connectivity index (χ0n) is 8.74. The molecule has 0 aliphatic heterocycles. The van der Waals surface area contributed by atoms with E-state index in [2.05, 4.69) is 4.98 Å². The van der Waals surface area contributed by atoms with Crippen molar-refractivity contribution in [3.63, 3.8) is 0 Å². The Morgan fingerprint density at radius 1 is 1.25 bits per heavy atom. The van der Waals surface area contributed by atoms with E-state index in [4.69, 9.17) is 5.26 Å². The van der Waals surface area contributed by atoms with Gasteiger partial charge in [0.25, 0.3) is 0 Å². The summed E-state index contributed by atoms with van der Waals surface area (Å²) in [6.07, 6.45) is 1.67. The summed E-state index contributed by atoms with van der Waals surface area (Å²) in [5.74, 6) is -0.419. The maximum atomic E-state index is 13.2. The summed E-state index contributed by atoms with van der Waals surface area (Å²) >= 11 is 0. The van der Waals surface area contributed by atoms with Crippen LogP contribution in [0.1, 0.15) is 11.1 Å². The minimum Gasteiger partial charge on any atom is -0.256 e. The van der Waals surface area contributed by atoms with Crippen molar-refractivity contribution in [1.29, 1.82) is 5.26 Å². The Balaban J connectivity index is 2.56. The molecule has 2 rings (SSSR count). The first kappa shape index (κ1) is 10.3. The van der Waals surface area contributed by atoms with Crippen molar-refractivity contribution in [1.82, 2.24) is 4.98 Å². The summed E-state index contributed by atoms with van der Waals surface area (Å²) in [6, 6.07) is 9.87. The van der Waals surface area contributed by atoms with E-state index in [1.165, 1.54) is 12.1 Å². The van der Waals surface area contributed by atoms with Crippen LogP contribution in [0.15, 0.2) is 36.5 Å². The summed E-state index contributed by atoms with van der Waals surface area (Å²) in [6.45, 7) is 1.94. The molecule has 0 fully saturated rings. The van der Waals surface area contributed by atoms with Crippen LogP contribution in [-0.4, -0.2) is 4.98 Å². The van der Waals surface area contributed by atoms with Gasteiger partial charge in [-0.1, -0.05) is 0 Å². The molecule has 3 heteroatoms. The molecule has 0 aliphatic carbocycles. The maximum Gasteiger partial charge on any atom is 0.125 e. The zero-order valence-corrected chi connectivity index (χ0v) is 8.74. The Morgan fingerprint density at radius 2 is 2.06 bits per heavy atom. The van der Waals surface area contributed by atoms with Gasteiger partial charge in [0.1, 0.15) is 5.82 Å². The van der Waals surface area contributed by atoms with Crippen molar-refractivity contribution in [3.05, 3.63) is 53.5 Å². The fourth-order valence-electron chi connectivity index (χ4n) is 1.50. The van der Waals surface area contributed by atoms with Crippen LogP contribution < -0.4 is 0 Å². The number of hydrogen-bond donors (Lipinski definition) is 0. The molecular formula is C13H9FN2. The average Bonchev–Trinajstić information content (AvgIpc) is 2.28. The van der Waals surface area contributed by atoms with E-state index in [9.17, 15) is 4.39 Å². The molecule has 0 saturated carbocycles. The predicted octanol–water partition coefficient (Wildman–Crippen LogP) is 3.07. The van der Waals surface area contributed by atoms with E-state index < -0.39 is 5.82 Å². The maximum absolute atomic E-state index is 13.2. The Hall–Kier alpha value is -2.21.